The highest BCUT2D eigenvalue weighted by molar-refractivity contribution is 9.26. The Morgan fingerprint density at radius 1 is 1.32 bits per heavy atom. The van der Waals surface area contributed by atoms with Crippen LogP contribution in [0.4, 0.5) is 0 Å². The molecule has 0 spiro atoms. The van der Waals surface area contributed by atoms with Gasteiger partial charge in [-0.15, -0.1) is 11.8 Å². The molecule has 2 saturated heterocycles. The van der Waals surface area contributed by atoms with Gasteiger partial charge in [-0.25, -0.2) is 0 Å². The second-order valence-electron chi connectivity index (χ2n) is 6.01. The summed E-state index contributed by atoms with van der Waals surface area (Å²) >= 11 is 8.46. The molecule has 3 rings (SSSR count). The first-order valence-electron chi connectivity index (χ1n) is 6.95. The SMILES string of the molecule is CC1(C)S[C@H]2N(C(=O)C2(Br)Br)[C@H]1C(=O)NCc1ccccc1. The van der Waals surface area contributed by atoms with Crippen LogP contribution < -0.4 is 5.32 Å². The number of β-lactam (4-membered cyclic amide) rings is 1. The van der Waals surface area contributed by atoms with Crippen molar-refractivity contribution in [1.82, 2.24) is 10.2 Å². The fourth-order valence-electron chi connectivity index (χ4n) is 2.89. The highest BCUT2D eigenvalue weighted by Gasteiger charge is 2.69. The molecule has 1 aromatic carbocycles. The van der Waals surface area contributed by atoms with Gasteiger partial charge in [0.15, 0.2) is 3.23 Å². The van der Waals surface area contributed by atoms with Crippen molar-refractivity contribution in [2.45, 2.75) is 39.8 Å². The first-order valence-corrected chi connectivity index (χ1v) is 9.42. The van der Waals surface area contributed by atoms with E-state index in [0.29, 0.717) is 6.54 Å². The fourth-order valence-corrected chi connectivity index (χ4v) is 5.80. The van der Waals surface area contributed by atoms with Crippen LogP contribution >= 0.6 is 43.6 Å². The Morgan fingerprint density at radius 3 is 2.59 bits per heavy atom. The monoisotopic (exact) mass is 446 g/mol. The van der Waals surface area contributed by atoms with Crippen molar-refractivity contribution in [2.75, 3.05) is 0 Å². The fraction of sp³-hybridized carbons (Fsp3) is 0.467. The molecule has 1 N–H and O–H groups in total. The third kappa shape index (κ3) is 2.51. The van der Waals surface area contributed by atoms with Crippen molar-refractivity contribution in [2.24, 2.45) is 0 Å². The van der Waals surface area contributed by atoms with E-state index in [1.807, 2.05) is 44.2 Å². The van der Waals surface area contributed by atoms with Gasteiger partial charge in [-0.2, -0.15) is 0 Å². The van der Waals surface area contributed by atoms with Crippen LogP contribution in [0.1, 0.15) is 19.4 Å². The molecule has 2 atom stereocenters. The van der Waals surface area contributed by atoms with Gasteiger partial charge in [0.1, 0.15) is 11.4 Å². The number of benzene rings is 1. The molecule has 0 radical (unpaired) electrons. The molecule has 0 aromatic heterocycles. The summed E-state index contributed by atoms with van der Waals surface area (Å²) in [6.07, 6.45) is 0. The average molecular weight is 448 g/mol. The Balaban J connectivity index is 1.73. The number of rotatable bonds is 3. The number of amides is 2. The van der Waals surface area contributed by atoms with Crippen LogP contribution in [0.15, 0.2) is 30.3 Å². The van der Waals surface area contributed by atoms with Gasteiger partial charge in [0.05, 0.1) is 0 Å². The van der Waals surface area contributed by atoms with E-state index in [1.165, 1.54) is 0 Å². The van der Waals surface area contributed by atoms with Gasteiger partial charge in [0, 0.05) is 11.3 Å². The molecule has 4 nitrogen and oxygen atoms in total. The highest BCUT2D eigenvalue weighted by atomic mass is 79.9. The normalized spacial score (nSPS) is 28.0. The zero-order valence-corrected chi connectivity index (χ0v) is 16.2. The molecular formula is C15H16Br2N2O2S. The van der Waals surface area contributed by atoms with Crippen LogP contribution in [0.5, 0.6) is 0 Å². The van der Waals surface area contributed by atoms with E-state index in [9.17, 15) is 9.59 Å². The lowest BCUT2D eigenvalue weighted by Crippen LogP contribution is -2.69. The van der Waals surface area contributed by atoms with Crippen LogP contribution in [0.3, 0.4) is 0 Å². The third-order valence-corrected chi connectivity index (χ3v) is 7.78. The summed E-state index contributed by atoms with van der Waals surface area (Å²) in [5, 5.41) is 2.89. The van der Waals surface area contributed by atoms with Crippen LogP contribution in [-0.4, -0.2) is 36.1 Å². The molecular weight excluding hydrogens is 432 g/mol. The predicted molar refractivity (Wildman–Crippen MR) is 95.0 cm³/mol. The van der Waals surface area contributed by atoms with E-state index < -0.39 is 9.28 Å². The maximum Gasteiger partial charge on any atom is 0.255 e. The maximum absolute atomic E-state index is 12.6. The Hall–Kier alpha value is -0.530. The van der Waals surface area contributed by atoms with Gasteiger partial charge in [0.2, 0.25) is 5.91 Å². The van der Waals surface area contributed by atoms with E-state index in [1.54, 1.807) is 16.7 Å². The number of carbonyl (C=O) groups excluding carboxylic acids is 2. The number of nitrogens with zero attached hydrogens (tertiary/aromatic N) is 1. The van der Waals surface area contributed by atoms with Crippen LogP contribution in [0.2, 0.25) is 0 Å². The van der Waals surface area contributed by atoms with Crippen LogP contribution in [0.25, 0.3) is 0 Å². The minimum atomic E-state index is -0.740. The second-order valence-corrected chi connectivity index (χ2v) is 11.3. The lowest BCUT2D eigenvalue weighted by molar-refractivity contribution is -0.149. The summed E-state index contributed by atoms with van der Waals surface area (Å²) in [6, 6.07) is 9.30. The number of fused-ring (bicyclic) bond motifs is 1. The Kier molecular flexibility index (Phi) is 4.10. The molecule has 2 aliphatic rings. The number of hydrogen-bond donors (Lipinski definition) is 1. The maximum atomic E-state index is 12.6. The standard InChI is InChI=1S/C15H16Br2N2O2S/c1-14(2)10(19-12(21)15(16,17)13(19)22-14)11(20)18-8-9-6-4-3-5-7-9/h3-7,10,13H,8H2,1-2H3,(H,18,20)/t10-,13+/m0/s1. The van der Waals surface area contributed by atoms with Crippen molar-refractivity contribution in [3.8, 4) is 0 Å². The van der Waals surface area contributed by atoms with E-state index in [-0.39, 0.29) is 21.9 Å². The molecule has 2 fully saturated rings. The Morgan fingerprint density at radius 2 is 1.95 bits per heavy atom. The summed E-state index contributed by atoms with van der Waals surface area (Å²) in [5.74, 6) is -0.192. The van der Waals surface area contributed by atoms with Crippen molar-refractivity contribution >= 4 is 55.4 Å². The molecule has 0 aliphatic carbocycles. The highest BCUT2D eigenvalue weighted by Crippen LogP contribution is 2.60. The Labute approximate surface area is 150 Å². The van der Waals surface area contributed by atoms with Crippen LogP contribution in [-0.2, 0) is 16.1 Å². The van der Waals surface area contributed by atoms with Crippen molar-refractivity contribution in [3.05, 3.63) is 35.9 Å². The number of thioether (sulfide) groups is 1. The quantitative estimate of drug-likeness (QED) is 0.572. The number of nitrogens with one attached hydrogen (secondary N) is 1. The van der Waals surface area contributed by atoms with Gasteiger partial charge >= 0.3 is 0 Å². The molecule has 22 heavy (non-hydrogen) atoms. The molecule has 118 valence electrons. The number of carbonyl (C=O) groups is 2. The first-order chi connectivity index (χ1) is 10.2. The van der Waals surface area contributed by atoms with Crippen molar-refractivity contribution in [1.29, 1.82) is 0 Å². The summed E-state index contributed by atoms with van der Waals surface area (Å²) in [4.78, 5) is 26.6. The lowest BCUT2D eigenvalue weighted by Gasteiger charge is -2.46. The molecule has 7 heteroatoms. The molecule has 1 aromatic rings. The van der Waals surface area contributed by atoms with E-state index in [0.717, 1.165) is 5.56 Å². The molecule has 0 unspecified atom stereocenters. The van der Waals surface area contributed by atoms with E-state index in [2.05, 4.69) is 37.2 Å². The largest absolute Gasteiger partial charge is 0.350 e. The van der Waals surface area contributed by atoms with Gasteiger partial charge < -0.3 is 10.2 Å². The molecule has 0 bridgehead atoms. The minimum absolute atomic E-state index is 0.0672. The number of halogens is 2. The molecule has 2 heterocycles. The molecule has 0 saturated carbocycles. The predicted octanol–water partition coefficient (Wildman–Crippen LogP) is 2.85. The second kappa shape index (κ2) is 5.53. The number of alkyl halides is 2. The van der Waals surface area contributed by atoms with Gasteiger partial charge in [-0.1, -0.05) is 62.2 Å². The number of hydrogen-bond acceptors (Lipinski definition) is 3. The Bertz CT molecular complexity index is 621. The van der Waals surface area contributed by atoms with Gasteiger partial charge in [0.25, 0.3) is 5.91 Å². The van der Waals surface area contributed by atoms with Crippen molar-refractivity contribution < 1.29 is 9.59 Å². The summed E-state index contributed by atoms with van der Waals surface area (Å²) in [6.45, 7) is 4.48. The van der Waals surface area contributed by atoms with E-state index >= 15 is 0 Å². The topological polar surface area (TPSA) is 49.4 Å². The average Bonchev–Trinajstić information content (AvgIpc) is 2.76. The minimum Gasteiger partial charge on any atom is -0.350 e. The van der Waals surface area contributed by atoms with Gasteiger partial charge in [-0.05, 0) is 19.4 Å². The molecule has 2 aliphatic heterocycles. The van der Waals surface area contributed by atoms with E-state index in [4.69, 9.17) is 0 Å². The summed E-state index contributed by atoms with van der Waals surface area (Å²) < 4.78 is -1.07. The van der Waals surface area contributed by atoms with Crippen molar-refractivity contribution in [3.63, 3.8) is 0 Å². The zero-order valence-electron chi connectivity index (χ0n) is 12.2. The summed E-state index contributed by atoms with van der Waals surface area (Å²) in [7, 11) is 0. The smallest absolute Gasteiger partial charge is 0.255 e. The van der Waals surface area contributed by atoms with Gasteiger partial charge in [-0.3, -0.25) is 9.59 Å². The van der Waals surface area contributed by atoms with Crippen LogP contribution in [0, 0.1) is 0 Å². The first kappa shape index (κ1) is 16.3. The third-order valence-electron chi connectivity index (χ3n) is 3.99. The zero-order chi connectivity index (χ0) is 16.1. The molecule has 2 amide bonds. The lowest BCUT2D eigenvalue weighted by atomic mass is 9.97. The summed E-state index contributed by atoms with van der Waals surface area (Å²) in [5.41, 5.74) is 1.04.